The second kappa shape index (κ2) is 5.31. The number of aryl methyl sites for hydroxylation is 1. The van der Waals surface area contributed by atoms with E-state index in [0.717, 1.165) is 30.2 Å². The molecule has 19 heavy (non-hydrogen) atoms. The van der Waals surface area contributed by atoms with Crippen LogP contribution in [-0.2, 0) is 6.42 Å². The summed E-state index contributed by atoms with van der Waals surface area (Å²) in [6, 6.07) is 10.6. The Balaban J connectivity index is 1.97. The highest BCUT2D eigenvalue weighted by atomic mass is 32.1. The van der Waals surface area contributed by atoms with Crippen molar-refractivity contribution in [3.05, 3.63) is 40.9 Å². The van der Waals surface area contributed by atoms with Crippen LogP contribution in [0.5, 0.6) is 0 Å². The van der Waals surface area contributed by atoms with Gasteiger partial charge in [-0.3, -0.25) is 0 Å². The van der Waals surface area contributed by atoms with Crippen molar-refractivity contribution in [1.29, 1.82) is 0 Å². The molecule has 1 aromatic heterocycles. The Bertz CT molecular complexity index is 550. The SMILES string of the molecule is CCN(c1ccccc1)c1nc2c(s1)CCCC2N. The number of hydrogen-bond donors (Lipinski definition) is 1. The normalized spacial score (nSPS) is 18.1. The monoisotopic (exact) mass is 273 g/mol. The van der Waals surface area contributed by atoms with Gasteiger partial charge in [0.05, 0.1) is 5.69 Å². The minimum atomic E-state index is 0.128. The summed E-state index contributed by atoms with van der Waals surface area (Å²) < 4.78 is 0. The fourth-order valence-electron chi connectivity index (χ4n) is 2.59. The quantitative estimate of drug-likeness (QED) is 0.928. The lowest BCUT2D eigenvalue weighted by Gasteiger charge is -2.19. The van der Waals surface area contributed by atoms with Gasteiger partial charge >= 0.3 is 0 Å². The molecule has 1 aliphatic carbocycles. The van der Waals surface area contributed by atoms with Crippen LogP contribution < -0.4 is 10.6 Å². The molecule has 0 saturated heterocycles. The van der Waals surface area contributed by atoms with E-state index in [1.807, 2.05) is 6.07 Å². The summed E-state index contributed by atoms with van der Waals surface area (Å²) in [5.74, 6) is 0. The van der Waals surface area contributed by atoms with Crippen LogP contribution in [0.15, 0.2) is 30.3 Å². The molecule has 3 nitrogen and oxygen atoms in total. The molecule has 0 radical (unpaired) electrons. The van der Waals surface area contributed by atoms with Gasteiger partial charge in [0.2, 0.25) is 0 Å². The molecule has 0 spiro atoms. The summed E-state index contributed by atoms with van der Waals surface area (Å²) >= 11 is 1.80. The first-order valence-corrected chi connectivity index (χ1v) is 7.69. The number of rotatable bonds is 3. The third-order valence-electron chi connectivity index (χ3n) is 3.60. The Morgan fingerprint density at radius 3 is 2.84 bits per heavy atom. The summed E-state index contributed by atoms with van der Waals surface area (Å²) in [4.78, 5) is 8.44. The molecular weight excluding hydrogens is 254 g/mol. The molecule has 2 N–H and O–H groups in total. The first-order chi connectivity index (χ1) is 9.29. The molecule has 1 unspecified atom stereocenters. The highest BCUT2D eigenvalue weighted by Crippen LogP contribution is 2.37. The van der Waals surface area contributed by atoms with Crippen LogP contribution in [0, 0.1) is 0 Å². The van der Waals surface area contributed by atoms with Crippen LogP contribution in [0.1, 0.15) is 36.4 Å². The predicted octanol–water partition coefficient (Wildman–Crippen LogP) is 3.64. The van der Waals surface area contributed by atoms with Crippen molar-refractivity contribution in [1.82, 2.24) is 4.98 Å². The van der Waals surface area contributed by atoms with Crippen LogP contribution in [0.3, 0.4) is 0 Å². The van der Waals surface area contributed by atoms with Gasteiger partial charge < -0.3 is 10.6 Å². The lowest BCUT2D eigenvalue weighted by molar-refractivity contribution is 0.563. The van der Waals surface area contributed by atoms with E-state index in [-0.39, 0.29) is 6.04 Å². The van der Waals surface area contributed by atoms with E-state index in [9.17, 15) is 0 Å². The van der Waals surface area contributed by atoms with Crippen LogP contribution in [0.25, 0.3) is 0 Å². The van der Waals surface area contributed by atoms with Gasteiger partial charge in [-0.25, -0.2) is 4.98 Å². The third-order valence-corrected chi connectivity index (χ3v) is 4.76. The maximum absolute atomic E-state index is 6.17. The number of aromatic nitrogens is 1. The largest absolute Gasteiger partial charge is 0.323 e. The van der Waals surface area contributed by atoms with Crippen molar-refractivity contribution in [2.45, 2.75) is 32.2 Å². The lowest BCUT2D eigenvalue weighted by Crippen LogP contribution is -2.18. The lowest BCUT2D eigenvalue weighted by atomic mass is 9.99. The number of anilines is 2. The zero-order valence-electron chi connectivity index (χ0n) is 11.2. The summed E-state index contributed by atoms with van der Waals surface area (Å²) in [7, 11) is 0. The van der Waals surface area contributed by atoms with Gasteiger partial charge in [-0.1, -0.05) is 18.2 Å². The van der Waals surface area contributed by atoms with Gasteiger partial charge in [-0.05, 0) is 38.3 Å². The zero-order valence-corrected chi connectivity index (χ0v) is 12.0. The summed E-state index contributed by atoms with van der Waals surface area (Å²) in [6.45, 7) is 3.08. The first-order valence-electron chi connectivity index (χ1n) is 6.87. The molecule has 0 bridgehead atoms. The summed E-state index contributed by atoms with van der Waals surface area (Å²) in [5, 5.41) is 1.08. The molecule has 1 heterocycles. The molecule has 1 atom stereocenters. The Kier molecular flexibility index (Phi) is 3.53. The molecule has 4 heteroatoms. The van der Waals surface area contributed by atoms with E-state index in [1.54, 1.807) is 11.3 Å². The standard InChI is InChI=1S/C15H19N3S/c1-2-18(11-7-4-3-5-8-11)15-17-14-12(16)9-6-10-13(14)19-15/h3-5,7-8,12H,2,6,9-10,16H2,1H3. The molecule has 0 saturated carbocycles. The van der Waals surface area contributed by atoms with Crippen LogP contribution in [0.2, 0.25) is 0 Å². The van der Waals surface area contributed by atoms with Crippen molar-refractivity contribution >= 4 is 22.2 Å². The number of nitrogens with zero attached hydrogens (tertiary/aromatic N) is 2. The highest BCUT2D eigenvalue weighted by molar-refractivity contribution is 7.15. The predicted molar refractivity (Wildman–Crippen MR) is 81.1 cm³/mol. The number of benzene rings is 1. The van der Waals surface area contributed by atoms with Crippen molar-refractivity contribution in [3.63, 3.8) is 0 Å². The molecule has 0 fully saturated rings. The first kappa shape index (κ1) is 12.6. The van der Waals surface area contributed by atoms with Gasteiger partial charge in [-0.15, -0.1) is 11.3 Å². The third kappa shape index (κ3) is 2.38. The van der Waals surface area contributed by atoms with Gasteiger partial charge in [0.25, 0.3) is 0 Å². The van der Waals surface area contributed by atoms with Crippen molar-refractivity contribution in [2.24, 2.45) is 5.73 Å². The molecule has 100 valence electrons. The minimum absolute atomic E-state index is 0.128. The number of nitrogens with two attached hydrogens (primary N) is 1. The zero-order chi connectivity index (χ0) is 13.2. The molecule has 1 aliphatic rings. The fraction of sp³-hybridized carbons (Fsp3) is 0.400. The van der Waals surface area contributed by atoms with Crippen molar-refractivity contribution in [2.75, 3.05) is 11.4 Å². The van der Waals surface area contributed by atoms with Crippen LogP contribution in [-0.4, -0.2) is 11.5 Å². The second-order valence-electron chi connectivity index (χ2n) is 4.88. The second-order valence-corrected chi connectivity index (χ2v) is 5.95. The number of thiazole rings is 1. The van der Waals surface area contributed by atoms with Gasteiger partial charge in [0.15, 0.2) is 5.13 Å². The number of fused-ring (bicyclic) bond motifs is 1. The van der Waals surface area contributed by atoms with Crippen molar-refractivity contribution < 1.29 is 0 Å². The molecule has 3 rings (SSSR count). The molecular formula is C15H19N3S. The Labute approximate surface area is 118 Å². The van der Waals surface area contributed by atoms with Crippen LogP contribution in [0.4, 0.5) is 10.8 Å². The number of para-hydroxylation sites is 1. The topological polar surface area (TPSA) is 42.2 Å². The van der Waals surface area contributed by atoms with E-state index in [2.05, 4.69) is 36.1 Å². The van der Waals surface area contributed by atoms with E-state index in [4.69, 9.17) is 10.7 Å². The summed E-state index contributed by atoms with van der Waals surface area (Å²) in [5.41, 5.74) is 8.49. The van der Waals surface area contributed by atoms with E-state index in [0.29, 0.717) is 0 Å². The smallest absolute Gasteiger partial charge is 0.190 e. The van der Waals surface area contributed by atoms with E-state index in [1.165, 1.54) is 17.0 Å². The Morgan fingerprint density at radius 1 is 1.37 bits per heavy atom. The van der Waals surface area contributed by atoms with Gasteiger partial charge in [-0.2, -0.15) is 0 Å². The minimum Gasteiger partial charge on any atom is -0.323 e. The molecule has 2 aromatic rings. The van der Waals surface area contributed by atoms with E-state index < -0.39 is 0 Å². The van der Waals surface area contributed by atoms with Crippen LogP contribution >= 0.6 is 11.3 Å². The molecule has 1 aromatic carbocycles. The number of hydrogen-bond acceptors (Lipinski definition) is 4. The van der Waals surface area contributed by atoms with Crippen molar-refractivity contribution in [3.8, 4) is 0 Å². The summed E-state index contributed by atoms with van der Waals surface area (Å²) in [6.07, 6.45) is 3.38. The van der Waals surface area contributed by atoms with E-state index >= 15 is 0 Å². The van der Waals surface area contributed by atoms with Gasteiger partial charge in [0, 0.05) is 23.2 Å². The Morgan fingerprint density at radius 2 is 2.16 bits per heavy atom. The molecule has 0 aliphatic heterocycles. The average molecular weight is 273 g/mol. The molecule has 0 amide bonds. The maximum atomic E-state index is 6.17. The average Bonchev–Trinajstić information content (AvgIpc) is 2.86. The fourth-order valence-corrected chi connectivity index (χ4v) is 3.85. The highest BCUT2D eigenvalue weighted by Gasteiger charge is 2.23. The maximum Gasteiger partial charge on any atom is 0.190 e. The Hall–Kier alpha value is -1.39. The van der Waals surface area contributed by atoms with Gasteiger partial charge in [0.1, 0.15) is 0 Å².